The van der Waals surface area contributed by atoms with Crippen LogP contribution in [0.3, 0.4) is 0 Å². The molecule has 1 aromatic heterocycles. The van der Waals surface area contributed by atoms with Crippen LogP contribution in [0.15, 0.2) is 66.7 Å². The van der Waals surface area contributed by atoms with Gasteiger partial charge in [0, 0.05) is 11.8 Å². The number of rotatable bonds is 8. The molecule has 0 bridgehead atoms. The summed E-state index contributed by atoms with van der Waals surface area (Å²) in [5, 5.41) is 2.68. The first kappa shape index (κ1) is 20.5. The first-order chi connectivity index (χ1) is 14.0. The molecule has 0 aliphatic rings. The largest absolute Gasteiger partial charge is 0.457 e. The van der Waals surface area contributed by atoms with Crippen molar-refractivity contribution in [3.63, 3.8) is 0 Å². The molecule has 148 valence electrons. The van der Waals surface area contributed by atoms with Gasteiger partial charge in [-0.2, -0.15) is 0 Å². The molecule has 0 radical (unpaired) electrons. The monoisotopic (exact) mass is 407 g/mol. The van der Waals surface area contributed by atoms with Crippen molar-refractivity contribution >= 4 is 29.0 Å². The molecule has 3 aromatic rings. The van der Waals surface area contributed by atoms with Crippen molar-refractivity contribution in [1.82, 2.24) is 5.32 Å². The molecule has 29 heavy (non-hydrogen) atoms. The summed E-state index contributed by atoms with van der Waals surface area (Å²) >= 11 is 1.28. The number of Topliss-reactive ketones (excluding diaryl/α,β-unsaturated/α-hetero) is 1. The zero-order valence-electron chi connectivity index (χ0n) is 16.0. The van der Waals surface area contributed by atoms with Gasteiger partial charge in [-0.25, -0.2) is 0 Å². The van der Waals surface area contributed by atoms with Crippen molar-refractivity contribution in [2.75, 3.05) is 6.61 Å². The van der Waals surface area contributed by atoms with Crippen LogP contribution >= 0.6 is 11.3 Å². The van der Waals surface area contributed by atoms with Crippen LogP contribution in [0.2, 0.25) is 0 Å². The van der Waals surface area contributed by atoms with Gasteiger partial charge in [0.2, 0.25) is 11.7 Å². The van der Waals surface area contributed by atoms with E-state index in [0.29, 0.717) is 11.4 Å². The average Bonchev–Trinajstić information content (AvgIpc) is 3.21. The maximum absolute atomic E-state index is 12.2. The van der Waals surface area contributed by atoms with Crippen molar-refractivity contribution in [3.05, 3.63) is 82.0 Å². The Morgan fingerprint density at radius 1 is 0.897 bits per heavy atom. The lowest BCUT2D eigenvalue weighted by molar-refractivity contribution is -0.141. The lowest BCUT2D eigenvalue weighted by Gasteiger charge is -2.05. The van der Waals surface area contributed by atoms with Crippen molar-refractivity contribution < 1.29 is 19.1 Å². The zero-order valence-corrected chi connectivity index (χ0v) is 16.8. The molecule has 0 aliphatic carbocycles. The smallest absolute Gasteiger partial charge is 0.310 e. The third-order valence-electron chi connectivity index (χ3n) is 4.22. The molecule has 6 heteroatoms. The molecule has 0 unspecified atom stereocenters. The molecule has 1 amide bonds. The van der Waals surface area contributed by atoms with Crippen LogP contribution in [-0.4, -0.2) is 24.3 Å². The second kappa shape index (κ2) is 9.80. The minimum atomic E-state index is -0.444. The number of esters is 1. The van der Waals surface area contributed by atoms with E-state index in [1.54, 1.807) is 12.1 Å². The Hall–Kier alpha value is -3.25. The molecule has 0 aliphatic heterocycles. The van der Waals surface area contributed by atoms with Crippen molar-refractivity contribution in [1.29, 1.82) is 0 Å². The van der Waals surface area contributed by atoms with Gasteiger partial charge in [0.05, 0.1) is 17.8 Å². The third kappa shape index (κ3) is 6.12. The van der Waals surface area contributed by atoms with Gasteiger partial charge >= 0.3 is 5.97 Å². The molecule has 0 saturated heterocycles. The maximum Gasteiger partial charge on any atom is 0.310 e. The Kier molecular flexibility index (Phi) is 6.92. The Morgan fingerprint density at radius 2 is 1.59 bits per heavy atom. The number of hydrogen-bond donors (Lipinski definition) is 1. The van der Waals surface area contributed by atoms with Crippen LogP contribution in [-0.2, 0) is 27.3 Å². The van der Waals surface area contributed by atoms with Crippen LogP contribution < -0.4 is 5.32 Å². The SMILES string of the molecule is CC(=O)NCc1ccc(C(=O)COC(=O)Cc2ccc(-c3ccccc3)cc2)s1. The van der Waals surface area contributed by atoms with E-state index in [1.807, 2.05) is 54.6 Å². The van der Waals surface area contributed by atoms with Crippen molar-refractivity contribution in [2.45, 2.75) is 19.9 Å². The molecule has 2 aromatic carbocycles. The van der Waals surface area contributed by atoms with Crippen LogP contribution in [0, 0.1) is 0 Å². The number of thiophene rings is 1. The highest BCUT2D eigenvalue weighted by atomic mass is 32.1. The lowest BCUT2D eigenvalue weighted by Crippen LogP contribution is -2.18. The van der Waals surface area contributed by atoms with E-state index in [9.17, 15) is 14.4 Å². The van der Waals surface area contributed by atoms with Crippen LogP contribution in [0.1, 0.15) is 27.0 Å². The van der Waals surface area contributed by atoms with Gasteiger partial charge in [0.1, 0.15) is 0 Å². The minimum absolute atomic E-state index is 0.112. The van der Waals surface area contributed by atoms with E-state index >= 15 is 0 Å². The van der Waals surface area contributed by atoms with Gasteiger partial charge in [-0.05, 0) is 28.8 Å². The van der Waals surface area contributed by atoms with E-state index in [1.165, 1.54) is 18.3 Å². The predicted octanol–water partition coefficient (Wildman–Crippen LogP) is 4.02. The number of ketones is 1. The molecule has 0 saturated carbocycles. The van der Waals surface area contributed by atoms with Gasteiger partial charge < -0.3 is 10.1 Å². The number of carbonyl (C=O) groups excluding carboxylic acids is 3. The normalized spacial score (nSPS) is 10.4. The zero-order chi connectivity index (χ0) is 20.6. The van der Waals surface area contributed by atoms with Gasteiger partial charge in [0.15, 0.2) is 6.61 Å². The predicted molar refractivity (Wildman–Crippen MR) is 113 cm³/mol. The highest BCUT2D eigenvalue weighted by Gasteiger charge is 2.13. The summed E-state index contributed by atoms with van der Waals surface area (Å²) in [6.45, 7) is 1.53. The second-order valence-corrected chi connectivity index (χ2v) is 7.67. The molecule has 5 nitrogen and oxygen atoms in total. The Labute approximate surface area is 173 Å². The number of carbonyl (C=O) groups is 3. The molecule has 0 atom stereocenters. The summed E-state index contributed by atoms with van der Waals surface area (Å²) in [5.74, 6) is -0.824. The Morgan fingerprint density at radius 3 is 2.28 bits per heavy atom. The number of benzene rings is 2. The molecule has 0 spiro atoms. The average molecular weight is 407 g/mol. The van der Waals surface area contributed by atoms with E-state index in [-0.39, 0.29) is 24.7 Å². The lowest BCUT2D eigenvalue weighted by atomic mass is 10.0. The maximum atomic E-state index is 12.2. The summed E-state index contributed by atoms with van der Waals surface area (Å²) in [6.07, 6.45) is 0.112. The van der Waals surface area contributed by atoms with E-state index in [0.717, 1.165) is 21.6 Å². The number of amides is 1. The standard InChI is InChI=1S/C23H21NO4S/c1-16(25)24-14-20-11-12-22(29-20)21(26)15-28-23(27)13-17-7-9-19(10-8-17)18-5-3-2-4-6-18/h2-12H,13-15H2,1H3,(H,24,25). The fraction of sp³-hybridized carbons (Fsp3) is 0.174. The summed E-state index contributed by atoms with van der Waals surface area (Å²) in [6, 6.07) is 21.2. The molecule has 0 fully saturated rings. The van der Waals surface area contributed by atoms with E-state index in [2.05, 4.69) is 5.32 Å². The fourth-order valence-corrected chi connectivity index (χ4v) is 3.59. The van der Waals surface area contributed by atoms with E-state index in [4.69, 9.17) is 4.74 Å². The quantitative estimate of drug-likeness (QED) is 0.452. The summed E-state index contributed by atoms with van der Waals surface area (Å²) in [5.41, 5.74) is 3.02. The van der Waals surface area contributed by atoms with Gasteiger partial charge in [-0.15, -0.1) is 11.3 Å². The minimum Gasteiger partial charge on any atom is -0.457 e. The second-order valence-electron chi connectivity index (χ2n) is 6.50. The summed E-state index contributed by atoms with van der Waals surface area (Å²) in [7, 11) is 0. The van der Waals surface area contributed by atoms with Crippen LogP contribution in [0.25, 0.3) is 11.1 Å². The molecule has 1 heterocycles. The number of hydrogen-bond acceptors (Lipinski definition) is 5. The molecular weight excluding hydrogens is 386 g/mol. The molecular formula is C23H21NO4S. The number of ether oxygens (including phenoxy) is 1. The molecule has 3 rings (SSSR count). The van der Waals surface area contributed by atoms with E-state index < -0.39 is 5.97 Å². The summed E-state index contributed by atoms with van der Waals surface area (Å²) in [4.78, 5) is 36.6. The first-order valence-electron chi connectivity index (χ1n) is 9.17. The highest BCUT2D eigenvalue weighted by Crippen LogP contribution is 2.20. The fourth-order valence-electron chi connectivity index (χ4n) is 2.71. The van der Waals surface area contributed by atoms with Gasteiger partial charge in [0.25, 0.3) is 0 Å². The Bertz CT molecular complexity index is 993. The van der Waals surface area contributed by atoms with Crippen molar-refractivity contribution in [2.24, 2.45) is 0 Å². The summed E-state index contributed by atoms with van der Waals surface area (Å²) < 4.78 is 5.13. The molecule has 1 N–H and O–H groups in total. The van der Waals surface area contributed by atoms with Crippen LogP contribution in [0.5, 0.6) is 0 Å². The Balaban J connectivity index is 1.48. The van der Waals surface area contributed by atoms with Gasteiger partial charge in [-0.3, -0.25) is 14.4 Å². The topological polar surface area (TPSA) is 72.5 Å². The highest BCUT2D eigenvalue weighted by molar-refractivity contribution is 7.14. The first-order valence-corrected chi connectivity index (χ1v) is 9.99. The number of nitrogens with one attached hydrogen (secondary N) is 1. The van der Waals surface area contributed by atoms with Crippen molar-refractivity contribution in [3.8, 4) is 11.1 Å². The van der Waals surface area contributed by atoms with Gasteiger partial charge in [-0.1, -0.05) is 54.6 Å². The third-order valence-corrected chi connectivity index (χ3v) is 5.35. The van der Waals surface area contributed by atoms with Crippen LogP contribution in [0.4, 0.5) is 0 Å².